The van der Waals surface area contributed by atoms with E-state index in [9.17, 15) is 5.11 Å². The van der Waals surface area contributed by atoms with Gasteiger partial charge in [-0.3, -0.25) is 4.90 Å². The molecule has 0 amide bonds. The van der Waals surface area contributed by atoms with Crippen molar-refractivity contribution in [3.05, 3.63) is 35.9 Å². The summed E-state index contributed by atoms with van der Waals surface area (Å²) >= 11 is 5.52. The van der Waals surface area contributed by atoms with E-state index in [1.54, 1.807) is 17.7 Å². The molecule has 1 aromatic rings. The predicted molar refractivity (Wildman–Crippen MR) is 71.8 cm³/mol. The molecule has 1 aliphatic heterocycles. The van der Waals surface area contributed by atoms with Crippen LogP contribution < -0.4 is 4.90 Å². The molecule has 0 bridgehead atoms. The molecule has 3 nitrogen and oxygen atoms in total. The summed E-state index contributed by atoms with van der Waals surface area (Å²) in [6, 6.07) is 7.39. The summed E-state index contributed by atoms with van der Waals surface area (Å²) in [4.78, 5) is 4.70. The predicted octanol–water partition coefficient (Wildman–Crippen LogP) is 2.27. The largest absolute Gasteiger partial charge is 0.508 e. The van der Waals surface area contributed by atoms with Gasteiger partial charge in [0.05, 0.1) is 0 Å². The van der Waals surface area contributed by atoms with Gasteiger partial charge in [-0.15, -0.1) is 0 Å². The summed E-state index contributed by atoms with van der Waals surface area (Å²) in [5, 5.41) is 9.25. The maximum absolute atomic E-state index is 9.25. The van der Waals surface area contributed by atoms with Crippen LogP contribution in [0.5, 0.6) is 5.75 Å². The summed E-state index contributed by atoms with van der Waals surface area (Å²) in [5.41, 5.74) is 2.75. The average Bonchev–Trinajstić information content (AvgIpc) is 2.38. The number of rotatable bonds is 3. The average molecular weight is 253 g/mol. The van der Waals surface area contributed by atoms with Crippen molar-refractivity contribution in [3.63, 3.8) is 0 Å². The number of phenolic OH excluding ortho intramolecular Hbond substituents is 1. The van der Waals surface area contributed by atoms with Crippen LogP contribution >= 0.6 is 11.6 Å². The standard InChI is InChI=1S/C13H17ClN2O/c14-6-1-7-15-8-10-16(11-9-15)12-2-4-13(17)5-3-12/h1-6,17H,7-11H2/b6-1+. The summed E-state index contributed by atoms with van der Waals surface area (Å²) in [6.45, 7) is 5.04. The Morgan fingerprint density at radius 1 is 1.12 bits per heavy atom. The smallest absolute Gasteiger partial charge is 0.115 e. The second-order valence-electron chi connectivity index (χ2n) is 4.17. The van der Waals surface area contributed by atoms with Crippen LogP contribution in [0.25, 0.3) is 0 Å². The molecule has 92 valence electrons. The SMILES string of the molecule is Oc1ccc(N2CCN(C/C=C/Cl)CC2)cc1. The molecule has 2 rings (SSSR count). The Morgan fingerprint density at radius 3 is 2.35 bits per heavy atom. The third-order valence-electron chi connectivity index (χ3n) is 3.04. The number of piperazine rings is 1. The second-order valence-corrected chi connectivity index (χ2v) is 4.42. The molecular weight excluding hydrogens is 236 g/mol. The number of halogens is 1. The number of phenols is 1. The zero-order valence-corrected chi connectivity index (χ0v) is 10.5. The van der Waals surface area contributed by atoms with Gasteiger partial charge in [-0.1, -0.05) is 17.7 Å². The van der Waals surface area contributed by atoms with Gasteiger partial charge in [-0.25, -0.2) is 0 Å². The molecule has 0 atom stereocenters. The third-order valence-corrected chi connectivity index (χ3v) is 3.22. The van der Waals surface area contributed by atoms with Gasteiger partial charge in [-0.05, 0) is 24.3 Å². The Bertz CT molecular complexity index is 370. The van der Waals surface area contributed by atoms with E-state index in [1.807, 2.05) is 18.2 Å². The van der Waals surface area contributed by atoms with Gasteiger partial charge in [0.2, 0.25) is 0 Å². The first-order chi connectivity index (χ1) is 8.29. The lowest BCUT2D eigenvalue weighted by Crippen LogP contribution is -2.46. The van der Waals surface area contributed by atoms with Crippen molar-refractivity contribution in [1.82, 2.24) is 4.90 Å². The molecule has 0 radical (unpaired) electrons. The van der Waals surface area contributed by atoms with Gasteiger partial charge in [0.1, 0.15) is 5.75 Å². The van der Waals surface area contributed by atoms with Crippen LogP contribution in [0.15, 0.2) is 35.9 Å². The van der Waals surface area contributed by atoms with Crippen LogP contribution in [0.1, 0.15) is 0 Å². The van der Waals surface area contributed by atoms with Gasteiger partial charge in [0, 0.05) is 43.9 Å². The first kappa shape index (κ1) is 12.3. The zero-order chi connectivity index (χ0) is 12.1. The van der Waals surface area contributed by atoms with E-state index >= 15 is 0 Å². The number of hydrogen-bond acceptors (Lipinski definition) is 3. The Kier molecular flexibility index (Phi) is 4.29. The second kappa shape index (κ2) is 5.94. The van der Waals surface area contributed by atoms with Crippen molar-refractivity contribution >= 4 is 17.3 Å². The van der Waals surface area contributed by atoms with Gasteiger partial charge in [-0.2, -0.15) is 0 Å². The molecule has 4 heteroatoms. The lowest BCUT2D eigenvalue weighted by atomic mass is 10.2. The Morgan fingerprint density at radius 2 is 1.76 bits per heavy atom. The summed E-state index contributed by atoms with van der Waals surface area (Å²) < 4.78 is 0. The highest BCUT2D eigenvalue weighted by molar-refractivity contribution is 6.25. The molecule has 0 aromatic heterocycles. The molecule has 17 heavy (non-hydrogen) atoms. The molecule has 1 aliphatic rings. The molecule has 1 N–H and O–H groups in total. The minimum absolute atomic E-state index is 0.319. The maximum atomic E-state index is 9.25. The van der Waals surface area contributed by atoms with Crippen molar-refractivity contribution in [2.24, 2.45) is 0 Å². The van der Waals surface area contributed by atoms with Crippen molar-refractivity contribution in [1.29, 1.82) is 0 Å². The van der Waals surface area contributed by atoms with Crippen molar-refractivity contribution in [3.8, 4) is 5.75 Å². The third kappa shape index (κ3) is 3.38. The minimum Gasteiger partial charge on any atom is -0.508 e. The molecular formula is C13H17ClN2O. The quantitative estimate of drug-likeness (QED) is 0.894. The van der Waals surface area contributed by atoms with Crippen molar-refractivity contribution in [2.75, 3.05) is 37.6 Å². The van der Waals surface area contributed by atoms with E-state index in [4.69, 9.17) is 11.6 Å². The van der Waals surface area contributed by atoms with Gasteiger partial charge in [0.15, 0.2) is 0 Å². The van der Waals surface area contributed by atoms with Crippen LogP contribution in [-0.4, -0.2) is 42.7 Å². The number of anilines is 1. The van der Waals surface area contributed by atoms with Gasteiger partial charge >= 0.3 is 0 Å². The Labute approximate surface area is 107 Å². The van der Waals surface area contributed by atoms with Gasteiger partial charge < -0.3 is 10.0 Å². The lowest BCUT2D eigenvalue weighted by Gasteiger charge is -2.35. The highest BCUT2D eigenvalue weighted by atomic mass is 35.5. The minimum atomic E-state index is 0.319. The summed E-state index contributed by atoms with van der Waals surface area (Å²) in [6.07, 6.45) is 1.97. The van der Waals surface area contributed by atoms with Crippen LogP contribution in [0.2, 0.25) is 0 Å². The van der Waals surface area contributed by atoms with E-state index in [0.717, 1.165) is 32.7 Å². The normalized spacial score (nSPS) is 17.8. The first-order valence-corrected chi connectivity index (χ1v) is 6.25. The fourth-order valence-corrected chi connectivity index (χ4v) is 2.12. The first-order valence-electron chi connectivity index (χ1n) is 5.81. The summed E-state index contributed by atoms with van der Waals surface area (Å²) in [7, 11) is 0. The molecule has 1 aromatic carbocycles. The maximum Gasteiger partial charge on any atom is 0.115 e. The highest BCUT2D eigenvalue weighted by Gasteiger charge is 2.15. The van der Waals surface area contributed by atoms with Crippen molar-refractivity contribution < 1.29 is 5.11 Å². The van der Waals surface area contributed by atoms with Crippen LogP contribution in [-0.2, 0) is 0 Å². The molecule has 1 fully saturated rings. The monoisotopic (exact) mass is 252 g/mol. The summed E-state index contributed by atoms with van der Waals surface area (Å²) in [5.74, 6) is 0.319. The van der Waals surface area contributed by atoms with Crippen LogP contribution in [0.3, 0.4) is 0 Å². The number of benzene rings is 1. The molecule has 1 heterocycles. The highest BCUT2D eigenvalue weighted by Crippen LogP contribution is 2.19. The molecule has 0 spiro atoms. The fourth-order valence-electron chi connectivity index (χ4n) is 2.04. The topological polar surface area (TPSA) is 26.7 Å². The van der Waals surface area contributed by atoms with E-state index in [0.29, 0.717) is 5.75 Å². The van der Waals surface area contributed by atoms with E-state index in [-0.39, 0.29) is 0 Å². The lowest BCUT2D eigenvalue weighted by molar-refractivity contribution is 0.284. The molecule has 0 saturated carbocycles. The zero-order valence-electron chi connectivity index (χ0n) is 9.72. The number of nitrogens with zero attached hydrogens (tertiary/aromatic N) is 2. The number of hydrogen-bond donors (Lipinski definition) is 1. The van der Waals surface area contributed by atoms with Crippen LogP contribution in [0, 0.1) is 0 Å². The van der Waals surface area contributed by atoms with E-state index < -0.39 is 0 Å². The molecule has 1 saturated heterocycles. The Balaban J connectivity index is 1.88. The van der Waals surface area contributed by atoms with E-state index in [2.05, 4.69) is 9.80 Å². The van der Waals surface area contributed by atoms with Crippen LogP contribution in [0.4, 0.5) is 5.69 Å². The van der Waals surface area contributed by atoms with Crippen molar-refractivity contribution in [2.45, 2.75) is 0 Å². The molecule has 0 unspecified atom stereocenters. The fraction of sp³-hybridized carbons (Fsp3) is 0.385. The molecule has 0 aliphatic carbocycles. The van der Waals surface area contributed by atoms with E-state index in [1.165, 1.54) is 5.69 Å². The number of aromatic hydroxyl groups is 1. The van der Waals surface area contributed by atoms with Gasteiger partial charge in [0.25, 0.3) is 0 Å². The Hall–Kier alpha value is -1.19.